The van der Waals surface area contributed by atoms with Gasteiger partial charge in [-0.25, -0.2) is 18.4 Å². The van der Waals surface area contributed by atoms with Gasteiger partial charge in [0.2, 0.25) is 16.0 Å². The smallest absolute Gasteiger partial charge is 0.243 e. The van der Waals surface area contributed by atoms with Gasteiger partial charge in [0, 0.05) is 35.7 Å². The third kappa shape index (κ3) is 3.82. The first-order chi connectivity index (χ1) is 17.8. The van der Waals surface area contributed by atoms with E-state index in [9.17, 15) is 8.42 Å². The predicted octanol–water partition coefficient (Wildman–Crippen LogP) is 4.21. The summed E-state index contributed by atoms with van der Waals surface area (Å²) < 4.78 is 32.7. The molecule has 2 aromatic carbocycles. The molecule has 6 rings (SSSR count). The van der Waals surface area contributed by atoms with Crippen LogP contribution < -0.4 is 11.1 Å². The molecular weight excluding hydrogens is 486 g/mol. The van der Waals surface area contributed by atoms with Gasteiger partial charge in [0.05, 0.1) is 15.9 Å². The molecule has 37 heavy (non-hydrogen) atoms. The number of guanidine groups is 1. The van der Waals surface area contributed by atoms with Crippen LogP contribution in [0.1, 0.15) is 47.9 Å². The number of aromatic nitrogens is 3. The van der Waals surface area contributed by atoms with E-state index >= 15 is 0 Å². The van der Waals surface area contributed by atoms with E-state index < -0.39 is 16.2 Å². The van der Waals surface area contributed by atoms with Gasteiger partial charge in [-0.2, -0.15) is 4.31 Å². The zero-order valence-electron chi connectivity index (χ0n) is 21.3. The van der Waals surface area contributed by atoms with E-state index in [-0.39, 0.29) is 0 Å². The molecule has 0 saturated carbocycles. The van der Waals surface area contributed by atoms with Crippen LogP contribution in [0.2, 0.25) is 0 Å². The summed E-state index contributed by atoms with van der Waals surface area (Å²) in [5.41, 5.74) is 12.8. The highest BCUT2D eigenvalue weighted by Gasteiger charge is 2.30. The van der Waals surface area contributed by atoms with E-state index in [1.807, 2.05) is 51.1 Å². The number of hydrogen-bond acceptors (Lipinski definition) is 6. The fourth-order valence-corrected chi connectivity index (χ4v) is 7.13. The zero-order valence-corrected chi connectivity index (χ0v) is 22.1. The highest BCUT2D eigenvalue weighted by molar-refractivity contribution is 7.89. The molecule has 2 aliphatic rings. The maximum Gasteiger partial charge on any atom is 0.243 e. The van der Waals surface area contributed by atoms with Crippen LogP contribution in [0.3, 0.4) is 0 Å². The van der Waals surface area contributed by atoms with Crippen LogP contribution in [-0.4, -0.2) is 45.9 Å². The zero-order chi connectivity index (χ0) is 25.9. The van der Waals surface area contributed by atoms with E-state index in [2.05, 4.69) is 20.5 Å². The Morgan fingerprint density at radius 1 is 1.00 bits per heavy atom. The van der Waals surface area contributed by atoms with Gasteiger partial charge in [-0.1, -0.05) is 24.6 Å². The number of nitrogens with two attached hydrogens (primary N) is 1. The third-order valence-electron chi connectivity index (χ3n) is 7.46. The molecule has 2 aliphatic heterocycles. The number of nitrogens with one attached hydrogen (secondary N) is 1. The molecule has 9 nitrogen and oxygen atoms in total. The van der Waals surface area contributed by atoms with Crippen molar-refractivity contribution < 1.29 is 8.42 Å². The lowest BCUT2D eigenvalue weighted by Gasteiger charge is -2.26. The number of piperidine rings is 1. The van der Waals surface area contributed by atoms with E-state index in [1.54, 1.807) is 16.4 Å². The Hall–Kier alpha value is -3.63. The van der Waals surface area contributed by atoms with Crippen LogP contribution in [-0.2, 0) is 10.0 Å². The molecular formula is C27H31N7O2S. The molecule has 0 unspecified atom stereocenters. The Kier molecular flexibility index (Phi) is 5.61. The Morgan fingerprint density at radius 3 is 2.54 bits per heavy atom. The number of anilines is 1. The minimum Gasteiger partial charge on any atom is -0.370 e. The molecule has 0 amide bonds. The number of fused-ring (bicyclic) bond motifs is 3. The topological polar surface area (TPSA) is 111 Å². The van der Waals surface area contributed by atoms with Gasteiger partial charge < -0.3 is 10.3 Å². The Bertz CT molecular complexity index is 1660. The number of rotatable bonds is 4. The van der Waals surface area contributed by atoms with Gasteiger partial charge in [-0.15, -0.1) is 0 Å². The van der Waals surface area contributed by atoms with Crippen molar-refractivity contribution in [3.8, 4) is 5.69 Å². The van der Waals surface area contributed by atoms with E-state index in [0.29, 0.717) is 29.9 Å². The monoisotopic (exact) mass is 517 g/mol. The van der Waals surface area contributed by atoms with Crippen molar-refractivity contribution in [2.24, 2.45) is 10.7 Å². The number of aliphatic imine (C=N–C) groups is 1. The average molecular weight is 518 g/mol. The second-order valence-corrected chi connectivity index (χ2v) is 11.8. The van der Waals surface area contributed by atoms with Gasteiger partial charge in [0.1, 0.15) is 0 Å². The quantitative estimate of drug-likeness (QED) is 0.421. The Morgan fingerprint density at radius 2 is 1.76 bits per heavy atom. The minimum absolute atomic E-state index is 0.309. The molecule has 0 aliphatic carbocycles. The number of sulfonamides is 1. The van der Waals surface area contributed by atoms with Crippen molar-refractivity contribution >= 4 is 33.0 Å². The van der Waals surface area contributed by atoms with Crippen LogP contribution in [0.25, 0.3) is 16.7 Å². The van der Waals surface area contributed by atoms with Crippen LogP contribution in [0.15, 0.2) is 58.4 Å². The molecule has 1 saturated heterocycles. The highest BCUT2D eigenvalue weighted by Crippen LogP contribution is 2.36. The lowest BCUT2D eigenvalue weighted by molar-refractivity contribution is 0.346. The van der Waals surface area contributed by atoms with E-state index in [1.165, 1.54) is 0 Å². The van der Waals surface area contributed by atoms with Crippen LogP contribution in [0.4, 0.5) is 5.95 Å². The number of para-hydroxylation sites is 2. The number of imidazole rings is 1. The molecule has 4 aromatic rings. The lowest BCUT2D eigenvalue weighted by atomic mass is 10.1. The molecule has 1 fully saturated rings. The molecule has 0 radical (unpaired) electrons. The molecule has 0 bridgehead atoms. The summed E-state index contributed by atoms with van der Waals surface area (Å²) in [6.07, 6.45) is 2.49. The van der Waals surface area contributed by atoms with E-state index in [0.717, 1.165) is 58.5 Å². The second kappa shape index (κ2) is 8.74. The summed E-state index contributed by atoms with van der Waals surface area (Å²) in [5.74, 6) is 0.956. The van der Waals surface area contributed by atoms with Gasteiger partial charge in [0.15, 0.2) is 12.1 Å². The van der Waals surface area contributed by atoms with Gasteiger partial charge in [0.25, 0.3) is 0 Å². The fraction of sp³-hybridized carbons (Fsp3) is 0.333. The first-order valence-electron chi connectivity index (χ1n) is 12.6. The lowest BCUT2D eigenvalue weighted by Crippen LogP contribution is -2.35. The van der Waals surface area contributed by atoms with E-state index in [4.69, 9.17) is 15.7 Å². The van der Waals surface area contributed by atoms with Gasteiger partial charge >= 0.3 is 0 Å². The van der Waals surface area contributed by atoms with Gasteiger partial charge in [-0.05, 0) is 69.5 Å². The van der Waals surface area contributed by atoms with Crippen LogP contribution >= 0.6 is 0 Å². The van der Waals surface area contributed by atoms with Crippen LogP contribution in [0.5, 0.6) is 0 Å². The number of hydrogen-bond donors (Lipinski definition) is 2. The van der Waals surface area contributed by atoms with Crippen LogP contribution in [0, 0.1) is 20.8 Å². The average Bonchev–Trinajstić information content (AvgIpc) is 3.40. The first kappa shape index (κ1) is 23.7. The molecule has 192 valence electrons. The minimum atomic E-state index is -3.55. The summed E-state index contributed by atoms with van der Waals surface area (Å²) in [4.78, 5) is 9.79. The number of aryl methyl sites for hydroxylation is 2. The summed E-state index contributed by atoms with van der Waals surface area (Å²) >= 11 is 0. The van der Waals surface area contributed by atoms with Crippen molar-refractivity contribution in [3.63, 3.8) is 0 Å². The second-order valence-electron chi connectivity index (χ2n) is 9.88. The fourth-order valence-electron chi connectivity index (χ4n) is 5.59. The molecule has 0 spiro atoms. The molecule has 3 N–H and O–H groups in total. The number of nitrogens with zero attached hydrogens (tertiary/aromatic N) is 5. The van der Waals surface area contributed by atoms with Crippen molar-refractivity contribution in [3.05, 3.63) is 71.0 Å². The predicted molar refractivity (Wildman–Crippen MR) is 146 cm³/mol. The summed E-state index contributed by atoms with van der Waals surface area (Å²) in [7, 11) is -3.55. The Balaban J connectivity index is 1.47. The number of benzene rings is 2. The van der Waals surface area contributed by atoms with Crippen molar-refractivity contribution in [1.29, 1.82) is 0 Å². The third-order valence-corrected chi connectivity index (χ3v) is 9.36. The maximum absolute atomic E-state index is 13.4. The van der Waals surface area contributed by atoms with Gasteiger partial charge in [-0.3, -0.25) is 9.88 Å². The van der Waals surface area contributed by atoms with Crippen molar-refractivity contribution in [2.45, 2.75) is 51.1 Å². The molecule has 2 aromatic heterocycles. The SMILES string of the molecule is Cc1ccc(S(=O)(=O)N2CCCCC2)cc1-n1c(C)cc([C@@H]2N=C(N)Nc3nc4ccccc4n32)c1C. The molecule has 10 heteroatoms. The first-order valence-corrected chi connectivity index (χ1v) is 14.1. The highest BCUT2D eigenvalue weighted by atomic mass is 32.2. The molecule has 4 heterocycles. The summed E-state index contributed by atoms with van der Waals surface area (Å²) in [5, 5.41) is 3.09. The van der Waals surface area contributed by atoms with Crippen molar-refractivity contribution in [2.75, 3.05) is 18.4 Å². The standard InChI is InChI=1S/C27H31N7O2S/c1-17-11-12-20(37(35,36)32-13-7-4-8-14-32)16-24(17)33-18(2)15-21(19(33)3)25-30-26(28)31-27-29-22-9-5-6-10-23(22)34(25)27/h5-6,9-12,15-16,25H,4,7-8,13-14H2,1-3H3,(H3,28,29,30,31)/t25-/m1/s1. The summed E-state index contributed by atoms with van der Waals surface area (Å²) in [6, 6.07) is 15.5. The normalized spacial score (nSPS) is 18.5. The Labute approximate surface area is 216 Å². The van der Waals surface area contributed by atoms with Crippen molar-refractivity contribution in [1.82, 2.24) is 18.4 Å². The summed E-state index contributed by atoms with van der Waals surface area (Å²) in [6.45, 7) is 7.23. The molecule has 1 atom stereocenters. The largest absolute Gasteiger partial charge is 0.370 e. The maximum atomic E-state index is 13.4.